The minimum atomic E-state index is -4.01. The van der Waals surface area contributed by atoms with Crippen molar-refractivity contribution in [1.82, 2.24) is 0 Å². The van der Waals surface area contributed by atoms with Crippen molar-refractivity contribution in [2.75, 3.05) is 0 Å². The fourth-order valence-electron chi connectivity index (χ4n) is 2.33. The monoisotopic (exact) mass is 236 g/mol. The summed E-state index contributed by atoms with van der Waals surface area (Å²) < 4.78 is 31.8. The van der Waals surface area contributed by atoms with Crippen LogP contribution in [0.4, 0.5) is 0 Å². The third kappa shape index (κ3) is 2.94. The lowest BCUT2D eigenvalue weighted by molar-refractivity contribution is 0.217. The summed E-state index contributed by atoms with van der Waals surface area (Å²) in [6.07, 6.45) is 2.56. The zero-order valence-corrected chi connectivity index (χ0v) is 11.3. The highest BCUT2D eigenvalue weighted by Crippen LogP contribution is 2.44. The molecule has 92 valence electrons. The van der Waals surface area contributed by atoms with Crippen molar-refractivity contribution in [2.24, 2.45) is 5.41 Å². The smallest absolute Gasteiger partial charge is 0.271 e. The fourth-order valence-corrected chi connectivity index (χ4v) is 4.03. The van der Waals surface area contributed by atoms with E-state index < -0.39 is 20.3 Å². The largest absolute Gasteiger partial charge is 0.285 e. The second-order valence-corrected chi connectivity index (χ2v) is 6.95. The number of hydrogen-bond acceptors (Lipinski definition) is 2. The summed E-state index contributed by atoms with van der Waals surface area (Å²) in [5.74, 6) is 0. The second-order valence-electron chi connectivity index (χ2n) is 5.22. The van der Waals surface area contributed by atoms with Crippen molar-refractivity contribution in [3.63, 3.8) is 0 Å². The first kappa shape index (κ1) is 14.9. The zero-order valence-electron chi connectivity index (χ0n) is 10.5. The standard InChI is InChI=1S/C11H24O3S/c1-6-8-11(9-7-2,10(3,4)5)15(12,13)14/h6-9H2,1-5H3,(H,12,13,14). The molecular formula is C11H24O3S. The Balaban J connectivity index is 5.49. The highest BCUT2D eigenvalue weighted by atomic mass is 32.2. The van der Waals surface area contributed by atoms with Gasteiger partial charge in [-0.3, -0.25) is 4.55 Å². The lowest BCUT2D eigenvalue weighted by Crippen LogP contribution is -2.49. The van der Waals surface area contributed by atoms with Crippen LogP contribution in [0.5, 0.6) is 0 Å². The van der Waals surface area contributed by atoms with Gasteiger partial charge in [0, 0.05) is 0 Å². The van der Waals surface area contributed by atoms with Gasteiger partial charge in [-0.2, -0.15) is 8.42 Å². The maximum atomic E-state index is 11.6. The Morgan fingerprint density at radius 3 is 1.47 bits per heavy atom. The minimum Gasteiger partial charge on any atom is -0.285 e. The van der Waals surface area contributed by atoms with Crippen molar-refractivity contribution in [3.8, 4) is 0 Å². The lowest BCUT2D eigenvalue weighted by atomic mass is 9.74. The van der Waals surface area contributed by atoms with Gasteiger partial charge in [-0.25, -0.2) is 0 Å². The van der Waals surface area contributed by atoms with E-state index in [-0.39, 0.29) is 0 Å². The average Bonchev–Trinajstić information content (AvgIpc) is 1.99. The highest BCUT2D eigenvalue weighted by molar-refractivity contribution is 7.87. The molecular weight excluding hydrogens is 212 g/mol. The maximum absolute atomic E-state index is 11.6. The van der Waals surface area contributed by atoms with Gasteiger partial charge in [-0.05, 0) is 18.3 Å². The summed E-state index contributed by atoms with van der Waals surface area (Å²) in [7, 11) is -4.01. The first-order chi connectivity index (χ1) is 6.62. The van der Waals surface area contributed by atoms with E-state index in [2.05, 4.69) is 0 Å². The van der Waals surface area contributed by atoms with E-state index in [9.17, 15) is 13.0 Å². The molecule has 0 aliphatic carbocycles. The van der Waals surface area contributed by atoms with Crippen molar-refractivity contribution < 1.29 is 13.0 Å². The Labute approximate surface area is 94.0 Å². The summed E-state index contributed by atoms with van der Waals surface area (Å²) in [5.41, 5.74) is -0.438. The molecule has 15 heavy (non-hydrogen) atoms. The molecule has 0 atom stereocenters. The molecule has 0 aliphatic rings. The van der Waals surface area contributed by atoms with E-state index in [1.54, 1.807) is 0 Å². The molecule has 0 bridgehead atoms. The predicted molar refractivity (Wildman–Crippen MR) is 63.6 cm³/mol. The van der Waals surface area contributed by atoms with Crippen LogP contribution in [0.3, 0.4) is 0 Å². The van der Waals surface area contributed by atoms with E-state index in [1.807, 2.05) is 34.6 Å². The van der Waals surface area contributed by atoms with Crippen LogP contribution in [0, 0.1) is 5.41 Å². The Bertz CT molecular complexity index is 279. The molecule has 4 heteroatoms. The Kier molecular flexibility index (Phi) is 4.80. The van der Waals surface area contributed by atoms with Crippen LogP contribution in [-0.2, 0) is 10.1 Å². The van der Waals surface area contributed by atoms with Gasteiger partial charge in [-0.15, -0.1) is 0 Å². The molecule has 0 spiro atoms. The van der Waals surface area contributed by atoms with E-state index in [4.69, 9.17) is 0 Å². The molecule has 0 radical (unpaired) electrons. The van der Waals surface area contributed by atoms with E-state index in [0.29, 0.717) is 12.8 Å². The third-order valence-corrected chi connectivity index (χ3v) is 5.18. The molecule has 0 rings (SSSR count). The van der Waals surface area contributed by atoms with Gasteiger partial charge in [0.25, 0.3) is 10.1 Å². The van der Waals surface area contributed by atoms with Gasteiger partial charge in [0.1, 0.15) is 4.75 Å². The van der Waals surface area contributed by atoms with Crippen molar-refractivity contribution >= 4 is 10.1 Å². The Morgan fingerprint density at radius 1 is 1.00 bits per heavy atom. The normalized spacial score (nSPS) is 14.3. The summed E-state index contributed by atoms with van der Waals surface area (Å²) in [4.78, 5) is 0. The summed E-state index contributed by atoms with van der Waals surface area (Å²) in [6, 6.07) is 0. The molecule has 3 nitrogen and oxygen atoms in total. The van der Waals surface area contributed by atoms with Crippen LogP contribution < -0.4 is 0 Å². The molecule has 0 saturated carbocycles. The highest BCUT2D eigenvalue weighted by Gasteiger charge is 2.50. The molecule has 1 N–H and O–H groups in total. The summed E-state index contributed by atoms with van der Waals surface area (Å²) in [5, 5.41) is 0. The predicted octanol–water partition coefficient (Wildman–Crippen LogP) is 3.26. The average molecular weight is 236 g/mol. The molecule has 0 aromatic carbocycles. The van der Waals surface area contributed by atoms with Crippen LogP contribution in [-0.4, -0.2) is 17.7 Å². The number of hydrogen-bond donors (Lipinski definition) is 1. The molecule has 0 aliphatic heterocycles. The SMILES string of the molecule is CCCC(CCC)(C(C)(C)C)S(=O)(=O)O. The molecule has 0 fully saturated rings. The van der Waals surface area contributed by atoms with Crippen LogP contribution in [0.15, 0.2) is 0 Å². The van der Waals surface area contributed by atoms with Crippen LogP contribution in [0.25, 0.3) is 0 Å². The van der Waals surface area contributed by atoms with Gasteiger partial charge in [0.15, 0.2) is 0 Å². The van der Waals surface area contributed by atoms with Gasteiger partial charge < -0.3 is 0 Å². The number of rotatable bonds is 5. The molecule has 0 heterocycles. The molecule has 0 amide bonds. The van der Waals surface area contributed by atoms with Gasteiger partial charge >= 0.3 is 0 Å². The van der Waals surface area contributed by atoms with Crippen molar-refractivity contribution in [2.45, 2.75) is 65.0 Å². The van der Waals surface area contributed by atoms with Gasteiger partial charge in [-0.1, -0.05) is 47.5 Å². The quantitative estimate of drug-likeness (QED) is 0.745. The Hall–Kier alpha value is -0.0900. The van der Waals surface area contributed by atoms with Crippen LogP contribution in [0.1, 0.15) is 60.3 Å². The topological polar surface area (TPSA) is 54.4 Å². The van der Waals surface area contributed by atoms with Gasteiger partial charge in [0.2, 0.25) is 0 Å². The Morgan fingerprint density at radius 2 is 1.33 bits per heavy atom. The minimum absolute atomic E-state index is 0.438. The maximum Gasteiger partial charge on any atom is 0.271 e. The van der Waals surface area contributed by atoms with Crippen LogP contribution >= 0.6 is 0 Å². The third-order valence-electron chi connectivity index (χ3n) is 3.17. The molecule has 0 aromatic heterocycles. The summed E-state index contributed by atoms with van der Waals surface area (Å²) in [6.45, 7) is 9.53. The molecule has 0 aromatic rings. The molecule has 0 unspecified atom stereocenters. The summed E-state index contributed by atoms with van der Waals surface area (Å²) >= 11 is 0. The first-order valence-corrected chi connectivity index (χ1v) is 7.03. The zero-order chi connectivity index (χ0) is 12.3. The second kappa shape index (κ2) is 4.83. The van der Waals surface area contributed by atoms with Crippen molar-refractivity contribution in [1.29, 1.82) is 0 Å². The van der Waals surface area contributed by atoms with Crippen molar-refractivity contribution in [3.05, 3.63) is 0 Å². The van der Waals surface area contributed by atoms with E-state index in [1.165, 1.54) is 0 Å². The fraction of sp³-hybridized carbons (Fsp3) is 1.00. The van der Waals surface area contributed by atoms with Crippen LogP contribution in [0.2, 0.25) is 0 Å². The lowest BCUT2D eigenvalue weighted by Gasteiger charge is -2.42. The first-order valence-electron chi connectivity index (χ1n) is 5.59. The van der Waals surface area contributed by atoms with E-state index >= 15 is 0 Å². The van der Waals surface area contributed by atoms with Gasteiger partial charge in [0.05, 0.1) is 0 Å². The van der Waals surface area contributed by atoms with E-state index in [0.717, 1.165) is 12.8 Å². The molecule has 0 saturated heterocycles.